The molecule has 6 heteroatoms. The molecule has 0 aliphatic rings. The first-order chi connectivity index (χ1) is 10.6. The molecule has 0 saturated heterocycles. The molecule has 0 aromatic heterocycles. The number of carboxylic acid groups (broad SMARTS) is 2. The highest BCUT2D eigenvalue weighted by molar-refractivity contribution is 5.68. The maximum atomic E-state index is 10.5. The lowest BCUT2D eigenvalue weighted by atomic mass is 10.1. The summed E-state index contributed by atoms with van der Waals surface area (Å²) in [5.41, 5.74) is 0. The zero-order valence-electron chi connectivity index (χ0n) is 13.6. The number of rotatable bonds is 16. The molecule has 0 aliphatic carbocycles. The maximum absolute atomic E-state index is 10.5. The average Bonchev–Trinajstić information content (AvgIpc) is 2.46. The number of hydrogen-bond donors (Lipinski definition) is 2. The summed E-state index contributed by atoms with van der Waals surface area (Å²) in [6, 6.07) is 0. The normalized spacial score (nSPS) is 12.2. The van der Waals surface area contributed by atoms with Crippen LogP contribution in [0.4, 0.5) is 0 Å². The van der Waals surface area contributed by atoms with E-state index in [9.17, 15) is 9.59 Å². The van der Waals surface area contributed by atoms with Crippen LogP contribution in [0.5, 0.6) is 0 Å². The molecule has 0 aromatic rings. The third kappa shape index (κ3) is 15.3. The van der Waals surface area contributed by atoms with Gasteiger partial charge in [-0.25, -0.2) is 9.59 Å². The zero-order valence-corrected chi connectivity index (χ0v) is 13.6. The lowest BCUT2D eigenvalue weighted by molar-refractivity contribution is -0.149. The zero-order chi connectivity index (χ0) is 16.6. The van der Waals surface area contributed by atoms with Crippen molar-refractivity contribution in [3.05, 3.63) is 0 Å². The summed E-state index contributed by atoms with van der Waals surface area (Å²) in [4.78, 5) is 20.9. The van der Waals surface area contributed by atoms with Crippen LogP contribution >= 0.6 is 0 Å². The molecule has 0 aliphatic heterocycles. The molecular formula is C16H30O6. The molecule has 1 atom stereocenters. The first-order valence-electron chi connectivity index (χ1n) is 8.19. The van der Waals surface area contributed by atoms with Crippen molar-refractivity contribution in [3.63, 3.8) is 0 Å². The summed E-state index contributed by atoms with van der Waals surface area (Å²) in [6.45, 7) is 1.56. The van der Waals surface area contributed by atoms with Gasteiger partial charge < -0.3 is 19.7 Å². The molecule has 130 valence electrons. The van der Waals surface area contributed by atoms with Crippen LogP contribution in [0.2, 0.25) is 0 Å². The molecule has 0 fully saturated rings. The van der Waals surface area contributed by atoms with E-state index in [1.807, 2.05) is 0 Å². The van der Waals surface area contributed by atoms with E-state index in [2.05, 4.69) is 6.92 Å². The number of carbonyl (C=O) groups is 2. The number of ether oxygens (including phenoxy) is 2. The summed E-state index contributed by atoms with van der Waals surface area (Å²) in [5, 5.41) is 17.1. The Morgan fingerprint density at radius 2 is 1.41 bits per heavy atom. The van der Waals surface area contributed by atoms with Gasteiger partial charge >= 0.3 is 11.9 Å². The third-order valence-electron chi connectivity index (χ3n) is 3.35. The topological polar surface area (TPSA) is 93.1 Å². The standard InChI is InChI=1S/C16H30O6/c1-2-3-4-5-6-7-8-9-10-14(22-13-16(19)20)11-21-12-15(17)18/h14H,2-13H2,1H3,(H,17,18)(H,19,20). The molecule has 1 unspecified atom stereocenters. The fraction of sp³-hybridized carbons (Fsp3) is 0.875. The van der Waals surface area contributed by atoms with Crippen molar-refractivity contribution in [2.75, 3.05) is 19.8 Å². The second-order valence-electron chi connectivity index (χ2n) is 5.50. The van der Waals surface area contributed by atoms with E-state index in [1.54, 1.807) is 0 Å². The summed E-state index contributed by atoms with van der Waals surface area (Å²) in [5.74, 6) is -2.07. The first kappa shape index (κ1) is 20.9. The molecule has 0 bridgehead atoms. The highest BCUT2D eigenvalue weighted by Gasteiger charge is 2.12. The molecule has 0 rings (SSSR count). The number of aliphatic carboxylic acids is 2. The molecule has 0 aromatic carbocycles. The van der Waals surface area contributed by atoms with Crippen LogP contribution < -0.4 is 0 Å². The van der Waals surface area contributed by atoms with Crippen molar-refractivity contribution in [3.8, 4) is 0 Å². The average molecular weight is 318 g/mol. The Labute approximate surface area is 132 Å². The second kappa shape index (κ2) is 14.8. The predicted octanol–water partition coefficient (Wildman–Crippen LogP) is 3.09. The highest BCUT2D eigenvalue weighted by Crippen LogP contribution is 2.12. The lowest BCUT2D eigenvalue weighted by Gasteiger charge is -2.16. The van der Waals surface area contributed by atoms with Crippen LogP contribution in [-0.4, -0.2) is 48.1 Å². The van der Waals surface area contributed by atoms with Crippen molar-refractivity contribution in [1.82, 2.24) is 0 Å². The monoisotopic (exact) mass is 318 g/mol. The first-order valence-corrected chi connectivity index (χ1v) is 8.19. The van der Waals surface area contributed by atoms with Crippen LogP contribution in [0.3, 0.4) is 0 Å². The van der Waals surface area contributed by atoms with Crippen molar-refractivity contribution in [2.24, 2.45) is 0 Å². The Morgan fingerprint density at radius 1 is 0.864 bits per heavy atom. The van der Waals surface area contributed by atoms with Gasteiger partial charge in [0.1, 0.15) is 13.2 Å². The fourth-order valence-electron chi connectivity index (χ4n) is 2.19. The Kier molecular flexibility index (Phi) is 14.0. The van der Waals surface area contributed by atoms with E-state index < -0.39 is 11.9 Å². The van der Waals surface area contributed by atoms with E-state index in [0.29, 0.717) is 6.42 Å². The van der Waals surface area contributed by atoms with E-state index in [-0.39, 0.29) is 25.9 Å². The van der Waals surface area contributed by atoms with Gasteiger partial charge in [-0.05, 0) is 6.42 Å². The van der Waals surface area contributed by atoms with Gasteiger partial charge in [0.2, 0.25) is 0 Å². The molecule has 6 nitrogen and oxygen atoms in total. The van der Waals surface area contributed by atoms with Gasteiger partial charge in [0, 0.05) is 0 Å². The van der Waals surface area contributed by atoms with Gasteiger partial charge in [-0.1, -0.05) is 58.3 Å². The van der Waals surface area contributed by atoms with Crippen molar-refractivity contribution >= 4 is 11.9 Å². The molecule has 0 spiro atoms. The molecule has 0 heterocycles. The molecule has 0 radical (unpaired) electrons. The molecule has 0 amide bonds. The minimum Gasteiger partial charge on any atom is -0.480 e. The van der Waals surface area contributed by atoms with Gasteiger partial charge in [0.05, 0.1) is 12.7 Å². The quantitative estimate of drug-likeness (QED) is 0.425. The third-order valence-corrected chi connectivity index (χ3v) is 3.35. The van der Waals surface area contributed by atoms with Crippen LogP contribution in [0.1, 0.15) is 64.7 Å². The fourth-order valence-corrected chi connectivity index (χ4v) is 2.19. The molecular weight excluding hydrogens is 288 g/mol. The van der Waals surface area contributed by atoms with Crippen molar-refractivity contribution < 1.29 is 29.3 Å². The van der Waals surface area contributed by atoms with Crippen LogP contribution in [0.15, 0.2) is 0 Å². The smallest absolute Gasteiger partial charge is 0.329 e. The Hall–Kier alpha value is -1.14. The van der Waals surface area contributed by atoms with Gasteiger partial charge in [0.25, 0.3) is 0 Å². The predicted molar refractivity (Wildman–Crippen MR) is 83.1 cm³/mol. The SMILES string of the molecule is CCCCCCCCCCC(COCC(=O)O)OCC(=O)O. The Morgan fingerprint density at radius 3 is 1.95 bits per heavy atom. The van der Waals surface area contributed by atoms with Crippen LogP contribution in [-0.2, 0) is 19.1 Å². The minimum absolute atomic E-state index is 0.121. The maximum Gasteiger partial charge on any atom is 0.329 e. The molecule has 2 N–H and O–H groups in total. The van der Waals surface area contributed by atoms with Crippen molar-refractivity contribution in [2.45, 2.75) is 70.8 Å². The number of unbranched alkanes of at least 4 members (excludes halogenated alkanes) is 7. The highest BCUT2D eigenvalue weighted by atomic mass is 16.5. The Balaban J connectivity index is 3.72. The van der Waals surface area contributed by atoms with E-state index >= 15 is 0 Å². The Bertz CT molecular complexity index is 292. The summed E-state index contributed by atoms with van der Waals surface area (Å²) in [7, 11) is 0. The minimum atomic E-state index is -1.04. The lowest BCUT2D eigenvalue weighted by Crippen LogP contribution is -2.25. The molecule has 22 heavy (non-hydrogen) atoms. The largest absolute Gasteiger partial charge is 0.480 e. The van der Waals surface area contributed by atoms with E-state index in [1.165, 1.54) is 38.5 Å². The van der Waals surface area contributed by atoms with Crippen LogP contribution in [0, 0.1) is 0 Å². The van der Waals surface area contributed by atoms with Crippen LogP contribution in [0.25, 0.3) is 0 Å². The van der Waals surface area contributed by atoms with Gasteiger partial charge in [0.15, 0.2) is 0 Å². The van der Waals surface area contributed by atoms with Gasteiger partial charge in [-0.2, -0.15) is 0 Å². The van der Waals surface area contributed by atoms with Gasteiger partial charge in [-0.3, -0.25) is 0 Å². The van der Waals surface area contributed by atoms with E-state index in [4.69, 9.17) is 19.7 Å². The summed E-state index contributed by atoms with van der Waals surface area (Å²) in [6.07, 6.45) is 9.88. The summed E-state index contributed by atoms with van der Waals surface area (Å²) >= 11 is 0. The summed E-state index contributed by atoms with van der Waals surface area (Å²) < 4.78 is 10.2. The number of hydrogen-bond acceptors (Lipinski definition) is 4. The molecule has 0 saturated carbocycles. The van der Waals surface area contributed by atoms with Gasteiger partial charge in [-0.15, -0.1) is 0 Å². The van der Waals surface area contributed by atoms with Crippen molar-refractivity contribution in [1.29, 1.82) is 0 Å². The van der Waals surface area contributed by atoms with E-state index in [0.717, 1.165) is 12.8 Å². The number of carboxylic acids is 2. The second-order valence-corrected chi connectivity index (χ2v) is 5.50.